The maximum Gasteiger partial charge on any atom is 0.416 e. The molecule has 0 bridgehead atoms. The van der Waals surface area contributed by atoms with E-state index in [9.17, 15) is 21.6 Å². The summed E-state index contributed by atoms with van der Waals surface area (Å²) in [4.78, 5) is 4.83. The van der Waals surface area contributed by atoms with Crippen LogP contribution < -0.4 is 10.0 Å². The van der Waals surface area contributed by atoms with Crippen LogP contribution in [0.2, 0.25) is 0 Å². The Bertz CT molecular complexity index is 1200. The fourth-order valence-electron chi connectivity index (χ4n) is 4.68. The van der Waals surface area contributed by atoms with E-state index in [-0.39, 0.29) is 42.1 Å². The normalized spacial score (nSPS) is 24.1. The minimum absolute atomic E-state index is 0.00563. The highest BCUT2D eigenvalue weighted by atomic mass is 32.2. The summed E-state index contributed by atoms with van der Waals surface area (Å²) in [5.41, 5.74) is -0.410. The first-order valence-electron chi connectivity index (χ1n) is 10.3. The lowest BCUT2D eigenvalue weighted by molar-refractivity contribution is -0.137. The third-order valence-corrected chi connectivity index (χ3v) is 9.26. The first kappa shape index (κ1) is 24.0. The second kappa shape index (κ2) is 8.55. The van der Waals surface area contributed by atoms with E-state index in [1.165, 1.54) is 12.1 Å². The van der Waals surface area contributed by atoms with Gasteiger partial charge in [0.1, 0.15) is 22.9 Å². The smallest absolute Gasteiger partial charge is 0.416 e. The molecule has 1 aliphatic carbocycles. The van der Waals surface area contributed by atoms with E-state index in [0.29, 0.717) is 17.6 Å². The van der Waals surface area contributed by atoms with Gasteiger partial charge in [-0.1, -0.05) is 5.16 Å². The lowest BCUT2D eigenvalue weighted by Crippen LogP contribution is -2.52. The molecule has 1 heterocycles. The second-order valence-electron chi connectivity index (χ2n) is 8.04. The Labute approximate surface area is 191 Å². The maximum absolute atomic E-state index is 15.3. The van der Waals surface area contributed by atoms with Crippen LogP contribution in [0.15, 0.2) is 46.4 Å². The van der Waals surface area contributed by atoms with E-state index >= 15 is 4.39 Å². The number of nitrogens with zero attached hydrogens (tertiary/aromatic N) is 1. The number of hydrogen-bond acceptors (Lipinski definition) is 5. The summed E-state index contributed by atoms with van der Waals surface area (Å²) in [7, 11) is -1.93. The number of sulfone groups is 1. The highest BCUT2D eigenvalue weighted by molar-refractivity contribution is 7.92. The Balaban J connectivity index is 1.91. The van der Waals surface area contributed by atoms with Gasteiger partial charge in [0, 0.05) is 11.2 Å². The molecule has 4 rings (SSSR count). The zero-order chi connectivity index (χ0) is 24.0. The van der Waals surface area contributed by atoms with Gasteiger partial charge in [0.15, 0.2) is 9.84 Å². The van der Waals surface area contributed by atoms with Gasteiger partial charge in [-0.15, -0.1) is 9.24 Å². The van der Waals surface area contributed by atoms with E-state index < -0.39 is 38.1 Å². The SMILES string of the molecule is CCO/N=C1/CC[C@@]2(S(=O)(=O)c3ccc(C(F)(F)F)cc3)c3c(F)ccc(P)c3OCC2C1. The van der Waals surface area contributed by atoms with Gasteiger partial charge in [-0.3, -0.25) is 0 Å². The molecule has 2 aliphatic rings. The number of oxime groups is 1. The van der Waals surface area contributed by atoms with Crippen LogP contribution in [-0.2, 0) is 25.6 Å². The van der Waals surface area contributed by atoms with Crippen LogP contribution in [0, 0.1) is 11.7 Å². The van der Waals surface area contributed by atoms with Crippen LogP contribution in [0.4, 0.5) is 17.6 Å². The first-order chi connectivity index (χ1) is 15.5. The molecule has 0 spiro atoms. The van der Waals surface area contributed by atoms with Gasteiger partial charge in [0.05, 0.1) is 28.3 Å². The minimum Gasteiger partial charge on any atom is -0.492 e. The summed E-state index contributed by atoms with van der Waals surface area (Å²) < 4.78 is 86.6. The molecular formula is C22H22F4NO4PS. The third-order valence-electron chi connectivity index (χ3n) is 6.21. The van der Waals surface area contributed by atoms with Crippen LogP contribution in [0.5, 0.6) is 5.75 Å². The highest BCUT2D eigenvalue weighted by Crippen LogP contribution is 2.55. The van der Waals surface area contributed by atoms with Gasteiger partial charge in [-0.05, 0) is 62.6 Å². The molecular weight excluding hydrogens is 481 g/mol. The number of rotatable bonds is 4. The molecule has 2 unspecified atom stereocenters. The van der Waals surface area contributed by atoms with Gasteiger partial charge in [-0.2, -0.15) is 13.2 Å². The quantitative estimate of drug-likeness (QED) is 0.348. The summed E-state index contributed by atoms with van der Waals surface area (Å²) in [6, 6.07) is 5.98. The predicted octanol–water partition coefficient (Wildman–Crippen LogP) is 4.60. The lowest BCUT2D eigenvalue weighted by Gasteiger charge is -2.47. The number of fused-ring (bicyclic) bond motifs is 3. The van der Waals surface area contributed by atoms with Crippen molar-refractivity contribution in [1.82, 2.24) is 0 Å². The van der Waals surface area contributed by atoms with Crippen molar-refractivity contribution in [2.45, 2.75) is 42.0 Å². The molecule has 0 amide bonds. The van der Waals surface area contributed by atoms with E-state index in [2.05, 4.69) is 14.4 Å². The first-order valence-corrected chi connectivity index (χ1v) is 12.4. The van der Waals surface area contributed by atoms with Gasteiger partial charge in [-0.25, -0.2) is 12.8 Å². The molecule has 0 N–H and O–H groups in total. The maximum atomic E-state index is 15.3. The molecule has 11 heteroatoms. The number of ether oxygens (including phenoxy) is 1. The Morgan fingerprint density at radius 2 is 1.91 bits per heavy atom. The monoisotopic (exact) mass is 503 g/mol. The Kier molecular flexibility index (Phi) is 6.20. The predicted molar refractivity (Wildman–Crippen MR) is 118 cm³/mol. The number of hydrogen-bond donors (Lipinski definition) is 0. The van der Waals surface area contributed by atoms with Crippen LogP contribution in [0.1, 0.15) is 37.3 Å². The molecule has 5 nitrogen and oxygen atoms in total. The fourth-order valence-corrected chi connectivity index (χ4v) is 7.34. The average molecular weight is 503 g/mol. The van der Waals surface area contributed by atoms with Gasteiger partial charge in [0.25, 0.3) is 0 Å². The van der Waals surface area contributed by atoms with Crippen molar-refractivity contribution in [3.63, 3.8) is 0 Å². The molecule has 1 saturated carbocycles. The largest absolute Gasteiger partial charge is 0.492 e. The van der Waals surface area contributed by atoms with Crippen molar-refractivity contribution in [2.75, 3.05) is 13.2 Å². The van der Waals surface area contributed by atoms with Crippen LogP contribution in [0.3, 0.4) is 0 Å². The van der Waals surface area contributed by atoms with E-state index in [1.807, 2.05) is 0 Å². The standard InChI is InChI=1S/C22H22F4NO4PS/c1-2-31-27-15-9-10-21(33(28,29)16-5-3-13(4-6-16)22(24,25)26)14(11-15)12-30-20-18(32)8-7-17(23)19(20)21/h3-8,14H,2,9-12,32H2,1H3/b27-15-/t14?,21-/m0/s1. The van der Waals surface area contributed by atoms with Crippen LogP contribution in [0.25, 0.3) is 0 Å². The molecule has 3 atom stereocenters. The molecule has 0 aromatic heterocycles. The van der Waals surface area contributed by atoms with Crippen molar-refractivity contribution in [3.8, 4) is 5.75 Å². The molecule has 0 saturated heterocycles. The second-order valence-corrected chi connectivity index (χ2v) is 10.9. The number of benzene rings is 2. The van der Waals surface area contributed by atoms with E-state index in [0.717, 1.165) is 24.3 Å². The van der Waals surface area contributed by atoms with Crippen LogP contribution >= 0.6 is 9.24 Å². The molecule has 2 aromatic carbocycles. The van der Waals surface area contributed by atoms with Crippen molar-refractivity contribution in [2.24, 2.45) is 11.1 Å². The topological polar surface area (TPSA) is 65.0 Å². The summed E-state index contributed by atoms with van der Waals surface area (Å²) in [5, 5.41) is 4.56. The highest BCUT2D eigenvalue weighted by Gasteiger charge is 2.59. The number of alkyl halides is 3. The lowest BCUT2D eigenvalue weighted by atomic mass is 9.72. The van der Waals surface area contributed by atoms with Crippen molar-refractivity contribution in [1.29, 1.82) is 0 Å². The van der Waals surface area contributed by atoms with E-state index in [1.54, 1.807) is 6.92 Å². The summed E-state index contributed by atoms with van der Waals surface area (Å²) >= 11 is 0. The van der Waals surface area contributed by atoms with Crippen molar-refractivity contribution < 1.29 is 35.6 Å². The summed E-state index contributed by atoms with van der Waals surface area (Å²) in [6.07, 6.45) is -4.19. The summed E-state index contributed by atoms with van der Waals surface area (Å²) in [6.45, 7) is 2.10. The van der Waals surface area contributed by atoms with Gasteiger partial charge >= 0.3 is 6.18 Å². The zero-order valence-electron chi connectivity index (χ0n) is 17.7. The molecule has 33 heavy (non-hydrogen) atoms. The molecule has 1 aliphatic heterocycles. The van der Waals surface area contributed by atoms with Crippen molar-refractivity contribution in [3.05, 3.63) is 53.3 Å². The van der Waals surface area contributed by atoms with Crippen molar-refractivity contribution >= 4 is 30.1 Å². The molecule has 2 aromatic rings. The number of halogens is 4. The van der Waals surface area contributed by atoms with E-state index in [4.69, 9.17) is 9.57 Å². The Morgan fingerprint density at radius 3 is 2.55 bits per heavy atom. The Morgan fingerprint density at radius 1 is 1.21 bits per heavy atom. The zero-order valence-corrected chi connectivity index (χ0v) is 19.6. The minimum atomic E-state index is -4.61. The molecule has 0 radical (unpaired) electrons. The molecule has 1 fully saturated rings. The van der Waals surface area contributed by atoms with Gasteiger partial charge < -0.3 is 9.57 Å². The Hall–Kier alpha value is -2.19. The van der Waals surface area contributed by atoms with Crippen LogP contribution in [-0.4, -0.2) is 27.3 Å². The third kappa shape index (κ3) is 3.91. The molecule has 178 valence electrons. The average Bonchev–Trinajstić information content (AvgIpc) is 2.78. The fraction of sp³-hybridized carbons (Fsp3) is 0.409. The summed E-state index contributed by atoms with van der Waals surface area (Å²) in [5.74, 6) is -1.30. The van der Waals surface area contributed by atoms with Gasteiger partial charge in [0.2, 0.25) is 0 Å².